The topological polar surface area (TPSA) is 75.0 Å². The third-order valence-corrected chi connectivity index (χ3v) is 4.48. The number of hydrogen-bond acceptors (Lipinski definition) is 3. The maximum atomic E-state index is 12.3. The van der Waals surface area contributed by atoms with Crippen molar-refractivity contribution in [2.24, 2.45) is 11.8 Å². The Balaban J connectivity index is 1.70. The number of carbonyl (C=O) groups is 1. The van der Waals surface area contributed by atoms with E-state index in [9.17, 15) is 4.79 Å². The SMILES string of the molecule is Nc1[nH]ncc1C(=O)N1CCC2CCCCC2C1. The van der Waals surface area contributed by atoms with Gasteiger partial charge in [0, 0.05) is 13.1 Å². The number of nitrogens with one attached hydrogen (secondary N) is 1. The summed E-state index contributed by atoms with van der Waals surface area (Å²) in [5, 5.41) is 6.45. The molecule has 3 N–H and O–H groups in total. The zero-order chi connectivity index (χ0) is 12.5. The van der Waals surface area contributed by atoms with Gasteiger partial charge in [-0.1, -0.05) is 19.3 Å². The smallest absolute Gasteiger partial charge is 0.259 e. The summed E-state index contributed by atoms with van der Waals surface area (Å²) in [5.41, 5.74) is 6.23. The molecule has 1 saturated carbocycles. The van der Waals surface area contributed by atoms with E-state index in [0.717, 1.165) is 25.4 Å². The van der Waals surface area contributed by atoms with Crippen LogP contribution < -0.4 is 5.73 Å². The molecule has 5 heteroatoms. The van der Waals surface area contributed by atoms with Crippen LogP contribution in [-0.2, 0) is 0 Å². The van der Waals surface area contributed by atoms with Crippen LogP contribution in [-0.4, -0.2) is 34.1 Å². The molecule has 0 spiro atoms. The van der Waals surface area contributed by atoms with Crippen molar-refractivity contribution in [2.75, 3.05) is 18.8 Å². The number of H-pyrrole nitrogens is 1. The Hall–Kier alpha value is -1.52. The van der Waals surface area contributed by atoms with Crippen molar-refractivity contribution in [1.82, 2.24) is 15.1 Å². The molecular weight excluding hydrogens is 228 g/mol. The quantitative estimate of drug-likeness (QED) is 0.793. The van der Waals surface area contributed by atoms with Gasteiger partial charge in [-0.25, -0.2) is 0 Å². The molecule has 0 aromatic carbocycles. The van der Waals surface area contributed by atoms with Gasteiger partial charge in [-0.2, -0.15) is 5.10 Å². The molecule has 1 aromatic heterocycles. The molecule has 3 rings (SSSR count). The number of hydrogen-bond donors (Lipinski definition) is 2. The molecule has 2 heterocycles. The second-order valence-corrected chi connectivity index (χ2v) is 5.54. The number of amides is 1. The van der Waals surface area contributed by atoms with E-state index in [4.69, 9.17) is 5.73 Å². The maximum Gasteiger partial charge on any atom is 0.259 e. The van der Waals surface area contributed by atoms with Crippen molar-refractivity contribution in [3.05, 3.63) is 11.8 Å². The van der Waals surface area contributed by atoms with E-state index >= 15 is 0 Å². The molecule has 1 aromatic rings. The van der Waals surface area contributed by atoms with Crippen molar-refractivity contribution in [2.45, 2.75) is 32.1 Å². The highest BCUT2D eigenvalue weighted by Crippen LogP contribution is 2.36. The average Bonchev–Trinajstić information content (AvgIpc) is 2.83. The summed E-state index contributed by atoms with van der Waals surface area (Å²) in [6.07, 6.45) is 7.98. The first-order valence-corrected chi connectivity index (χ1v) is 6.84. The zero-order valence-corrected chi connectivity index (χ0v) is 10.6. The van der Waals surface area contributed by atoms with Crippen LogP contribution in [0.3, 0.4) is 0 Å². The van der Waals surface area contributed by atoms with Crippen LogP contribution in [0.4, 0.5) is 5.82 Å². The molecule has 1 aliphatic heterocycles. The van der Waals surface area contributed by atoms with Crippen molar-refractivity contribution < 1.29 is 4.79 Å². The number of nitrogen functional groups attached to an aromatic ring is 1. The van der Waals surface area contributed by atoms with Crippen molar-refractivity contribution in [3.8, 4) is 0 Å². The number of carbonyl (C=O) groups excluding carboxylic acids is 1. The molecule has 1 saturated heterocycles. The number of anilines is 1. The number of nitrogens with zero attached hydrogens (tertiary/aromatic N) is 2. The Morgan fingerprint density at radius 1 is 1.33 bits per heavy atom. The minimum absolute atomic E-state index is 0.0327. The zero-order valence-electron chi connectivity index (χ0n) is 10.6. The monoisotopic (exact) mass is 248 g/mol. The van der Waals surface area contributed by atoms with E-state index < -0.39 is 0 Å². The third-order valence-electron chi connectivity index (χ3n) is 4.48. The van der Waals surface area contributed by atoms with Crippen molar-refractivity contribution in [1.29, 1.82) is 0 Å². The molecule has 2 fully saturated rings. The van der Waals surface area contributed by atoms with E-state index in [1.807, 2.05) is 4.90 Å². The van der Waals surface area contributed by atoms with E-state index in [0.29, 0.717) is 17.3 Å². The molecule has 1 amide bonds. The fourth-order valence-electron chi connectivity index (χ4n) is 3.42. The van der Waals surface area contributed by atoms with E-state index in [1.165, 1.54) is 31.9 Å². The second kappa shape index (κ2) is 4.63. The van der Waals surface area contributed by atoms with Crippen LogP contribution in [0.25, 0.3) is 0 Å². The minimum Gasteiger partial charge on any atom is -0.383 e. The molecule has 98 valence electrons. The van der Waals surface area contributed by atoms with Gasteiger partial charge in [-0.05, 0) is 24.7 Å². The Kier molecular flexibility index (Phi) is 2.97. The summed E-state index contributed by atoms with van der Waals surface area (Å²) in [6, 6.07) is 0. The first-order valence-electron chi connectivity index (χ1n) is 6.84. The maximum absolute atomic E-state index is 12.3. The first kappa shape index (κ1) is 11.6. The highest BCUT2D eigenvalue weighted by molar-refractivity contribution is 5.98. The summed E-state index contributed by atoms with van der Waals surface area (Å²) < 4.78 is 0. The van der Waals surface area contributed by atoms with Gasteiger partial charge >= 0.3 is 0 Å². The van der Waals surface area contributed by atoms with Gasteiger partial charge in [0.15, 0.2) is 0 Å². The largest absolute Gasteiger partial charge is 0.383 e. The molecule has 2 aliphatic rings. The predicted molar refractivity (Wildman–Crippen MR) is 69.0 cm³/mol. The second-order valence-electron chi connectivity index (χ2n) is 5.54. The number of nitrogens with two attached hydrogens (primary N) is 1. The lowest BCUT2D eigenvalue weighted by Gasteiger charge is -2.41. The molecule has 18 heavy (non-hydrogen) atoms. The number of aromatic amines is 1. The molecule has 2 unspecified atom stereocenters. The number of fused-ring (bicyclic) bond motifs is 1. The molecular formula is C13H20N4O. The summed E-state index contributed by atoms with van der Waals surface area (Å²) in [4.78, 5) is 14.3. The van der Waals surface area contributed by atoms with Crippen molar-refractivity contribution >= 4 is 11.7 Å². The fourth-order valence-corrected chi connectivity index (χ4v) is 3.42. The van der Waals surface area contributed by atoms with Gasteiger partial charge in [0.2, 0.25) is 0 Å². The Bertz CT molecular complexity index is 442. The highest BCUT2D eigenvalue weighted by atomic mass is 16.2. The summed E-state index contributed by atoms with van der Waals surface area (Å²) in [5.74, 6) is 1.95. The van der Waals surface area contributed by atoms with E-state index in [-0.39, 0.29) is 5.91 Å². The average molecular weight is 248 g/mol. The van der Waals surface area contributed by atoms with Crippen LogP contribution in [0.2, 0.25) is 0 Å². The summed E-state index contributed by atoms with van der Waals surface area (Å²) in [6.45, 7) is 1.76. The lowest BCUT2D eigenvalue weighted by molar-refractivity contribution is 0.0522. The first-order chi connectivity index (χ1) is 8.75. The summed E-state index contributed by atoms with van der Waals surface area (Å²) >= 11 is 0. The van der Waals surface area contributed by atoms with Crippen LogP contribution in [0.15, 0.2) is 6.20 Å². The van der Waals surface area contributed by atoms with Crippen LogP contribution in [0.5, 0.6) is 0 Å². The minimum atomic E-state index is 0.0327. The van der Waals surface area contributed by atoms with Crippen LogP contribution in [0, 0.1) is 11.8 Å². The number of aromatic nitrogens is 2. The molecule has 5 nitrogen and oxygen atoms in total. The molecule has 0 bridgehead atoms. The lowest BCUT2D eigenvalue weighted by Crippen LogP contribution is -2.44. The predicted octanol–water partition coefficient (Wildman–Crippen LogP) is 1.64. The number of piperidine rings is 1. The van der Waals surface area contributed by atoms with Gasteiger partial charge in [0.1, 0.15) is 11.4 Å². The van der Waals surface area contributed by atoms with Gasteiger partial charge in [-0.3, -0.25) is 9.89 Å². The molecule has 0 radical (unpaired) electrons. The Morgan fingerprint density at radius 2 is 2.11 bits per heavy atom. The number of rotatable bonds is 1. The normalized spacial score (nSPS) is 27.9. The number of likely N-dealkylation sites (tertiary alicyclic amines) is 1. The lowest BCUT2D eigenvalue weighted by atomic mass is 9.75. The Morgan fingerprint density at radius 3 is 2.83 bits per heavy atom. The van der Waals surface area contributed by atoms with Crippen LogP contribution >= 0.6 is 0 Å². The van der Waals surface area contributed by atoms with Gasteiger partial charge < -0.3 is 10.6 Å². The molecule has 2 atom stereocenters. The summed E-state index contributed by atoms with van der Waals surface area (Å²) in [7, 11) is 0. The van der Waals surface area contributed by atoms with E-state index in [2.05, 4.69) is 10.2 Å². The highest BCUT2D eigenvalue weighted by Gasteiger charge is 2.33. The van der Waals surface area contributed by atoms with Gasteiger partial charge in [0.05, 0.1) is 6.20 Å². The Labute approximate surface area is 107 Å². The van der Waals surface area contributed by atoms with E-state index in [1.54, 1.807) is 0 Å². The standard InChI is InChI=1S/C13H20N4O/c14-12-11(7-15-16-12)13(18)17-6-5-9-3-1-2-4-10(9)8-17/h7,9-10H,1-6,8H2,(H3,14,15,16). The van der Waals surface area contributed by atoms with Gasteiger partial charge in [-0.15, -0.1) is 0 Å². The molecule has 1 aliphatic carbocycles. The fraction of sp³-hybridized carbons (Fsp3) is 0.692. The third kappa shape index (κ3) is 1.98. The van der Waals surface area contributed by atoms with Gasteiger partial charge in [0.25, 0.3) is 5.91 Å². The van der Waals surface area contributed by atoms with Crippen LogP contribution in [0.1, 0.15) is 42.5 Å². The van der Waals surface area contributed by atoms with Crippen molar-refractivity contribution in [3.63, 3.8) is 0 Å².